The highest BCUT2D eigenvalue weighted by atomic mass is 16.1. The highest BCUT2D eigenvalue weighted by molar-refractivity contribution is 5.91. The molecule has 0 aliphatic heterocycles. The number of amides is 1. The van der Waals surface area contributed by atoms with Crippen LogP contribution in [0.15, 0.2) is 94.9 Å². The van der Waals surface area contributed by atoms with Crippen LogP contribution in [0.3, 0.4) is 0 Å². The van der Waals surface area contributed by atoms with Crippen LogP contribution in [0.1, 0.15) is 46.6 Å². The van der Waals surface area contributed by atoms with Gasteiger partial charge >= 0.3 is 0 Å². The standard InChI is InChI=1S/C28H34N4O/c1-8-23(32-25(33)9-2)15-19(6)20(7)27(26(18(4)5)28(29)30-10-3)22-16-21-13-11-12-14-24(21)31-17-22/h9-17,23H,2,4,8,29H2,1,3,5-7H3,(H,32,33)/b19-15-,27-20+,28-26+,30-10?/t23-/m1/s1. The van der Waals surface area contributed by atoms with Crippen LogP contribution >= 0.6 is 0 Å². The first-order valence-electron chi connectivity index (χ1n) is 11.1. The van der Waals surface area contributed by atoms with Gasteiger partial charge in [0.05, 0.1) is 5.52 Å². The Hall–Kier alpha value is -3.73. The summed E-state index contributed by atoms with van der Waals surface area (Å²) in [6.45, 7) is 17.6. The van der Waals surface area contributed by atoms with Gasteiger partial charge in [-0.05, 0) is 74.6 Å². The van der Waals surface area contributed by atoms with Crippen molar-refractivity contribution in [1.29, 1.82) is 0 Å². The third-order valence-corrected chi connectivity index (χ3v) is 5.45. The number of nitrogens with two attached hydrogens (primary N) is 1. The molecule has 5 nitrogen and oxygen atoms in total. The Morgan fingerprint density at radius 1 is 1.27 bits per heavy atom. The number of aromatic nitrogens is 1. The lowest BCUT2D eigenvalue weighted by atomic mass is 9.87. The number of rotatable bonds is 9. The number of hydrogen-bond donors (Lipinski definition) is 2. The largest absolute Gasteiger partial charge is 0.383 e. The van der Waals surface area contributed by atoms with Crippen molar-refractivity contribution in [1.82, 2.24) is 10.3 Å². The lowest BCUT2D eigenvalue weighted by Crippen LogP contribution is -2.31. The molecule has 2 aromatic rings. The van der Waals surface area contributed by atoms with Crippen LogP contribution in [0.25, 0.3) is 16.5 Å². The highest BCUT2D eigenvalue weighted by Gasteiger charge is 2.18. The highest BCUT2D eigenvalue weighted by Crippen LogP contribution is 2.35. The van der Waals surface area contributed by atoms with Crippen molar-refractivity contribution in [2.45, 2.75) is 47.1 Å². The molecular weight excluding hydrogens is 408 g/mol. The fourth-order valence-electron chi connectivity index (χ4n) is 3.65. The van der Waals surface area contributed by atoms with Crippen molar-refractivity contribution in [3.63, 3.8) is 0 Å². The molecule has 1 heterocycles. The first-order chi connectivity index (χ1) is 15.7. The minimum absolute atomic E-state index is 0.121. The van der Waals surface area contributed by atoms with Crippen molar-refractivity contribution >= 4 is 28.6 Å². The minimum Gasteiger partial charge on any atom is -0.383 e. The second kappa shape index (κ2) is 11.8. The molecular formula is C28H34N4O. The van der Waals surface area contributed by atoms with Crippen molar-refractivity contribution in [2.75, 3.05) is 0 Å². The summed E-state index contributed by atoms with van der Waals surface area (Å²) in [6, 6.07) is 9.98. The second-order valence-corrected chi connectivity index (χ2v) is 7.92. The van der Waals surface area contributed by atoms with Crippen LogP contribution in [0.2, 0.25) is 0 Å². The van der Waals surface area contributed by atoms with Crippen LogP contribution in [-0.4, -0.2) is 23.1 Å². The van der Waals surface area contributed by atoms with E-state index in [1.807, 2.05) is 65.1 Å². The number of pyridine rings is 1. The Morgan fingerprint density at radius 2 is 1.97 bits per heavy atom. The summed E-state index contributed by atoms with van der Waals surface area (Å²) in [5, 5.41) is 3.99. The number of carbonyl (C=O) groups excluding carboxylic acids is 1. The molecule has 2 rings (SSSR count). The fourth-order valence-corrected chi connectivity index (χ4v) is 3.65. The quantitative estimate of drug-likeness (QED) is 0.289. The zero-order chi connectivity index (χ0) is 24.5. The van der Waals surface area contributed by atoms with E-state index in [4.69, 9.17) is 5.73 Å². The van der Waals surface area contributed by atoms with Gasteiger partial charge in [-0.25, -0.2) is 4.99 Å². The zero-order valence-electron chi connectivity index (χ0n) is 20.3. The lowest BCUT2D eigenvalue weighted by molar-refractivity contribution is -0.116. The molecule has 1 aromatic carbocycles. The molecule has 3 N–H and O–H groups in total. The first-order valence-corrected chi connectivity index (χ1v) is 11.1. The summed E-state index contributed by atoms with van der Waals surface area (Å²) < 4.78 is 0. The monoisotopic (exact) mass is 442 g/mol. The molecule has 5 heteroatoms. The average Bonchev–Trinajstić information content (AvgIpc) is 2.80. The van der Waals surface area contributed by atoms with Crippen molar-refractivity contribution in [3.8, 4) is 0 Å². The first kappa shape index (κ1) is 25.5. The molecule has 0 saturated carbocycles. The molecule has 0 bridgehead atoms. The summed E-state index contributed by atoms with van der Waals surface area (Å²) in [6.07, 6.45) is 7.62. The summed E-state index contributed by atoms with van der Waals surface area (Å²) in [7, 11) is 0. The predicted molar refractivity (Wildman–Crippen MR) is 141 cm³/mol. The van der Waals surface area contributed by atoms with Gasteiger partial charge in [0.2, 0.25) is 5.91 Å². The maximum absolute atomic E-state index is 11.8. The number of allylic oxidation sites excluding steroid dienone is 5. The van der Waals surface area contributed by atoms with E-state index in [9.17, 15) is 4.79 Å². The number of nitrogens with zero attached hydrogens (tertiary/aromatic N) is 2. The van der Waals surface area contributed by atoms with Crippen LogP contribution in [0.4, 0.5) is 0 Å². The van der Waals surface area contributed by atoms with Crippen molar-refractivity contribution < 1.29 is 4.79 Å². The van der Waals surface area contributed by atoms with E-state index in [0.717, 1.165) is 50.8 Å². The van der Waals surface area contributed by atoms with Gasteiger partial charge in [0.1, 0.15) is 5.82 Å². The average molecular weight is 443 g/mol. The number of carbonyl (C=O) groups is 1. The molecule has 33 heavy (non-hydrogen) atoms. The molecule has 0 spiro atoms. The molecule has 0 radical (unpaired) electrons. The van der Waals surface area contributed by atoms with Gasteiger partial charge in [-0.2, -0.15) is 0 Å². The van der Waals surface area contributed by atoms with Gasteiger partial charge in [-0.1, -0.05) is 44.4 Å². The molecule has 172 valence electrons. The van der Waals surface area contributed by atoms with E-state index in [1.54, 1.807) is 6.21 Å². The Labute approximate surface area is 197 Å². The second-order valence-electron chi connectivity index (χ2n) is 7.92. The van der Waals surface area contributed by atoms with Gasteiger partial charge in [-0.15, -0.1) is 0 Å². The Morgan fingerprint density at radius 3 is 2.58 bits per heavy atom. The van der Waals surface area contributed by atoms with Crippen LogP contribution in [0, 0.1) is 0 Å². The maximum Gasteiger partial charge on any atom is 0.243 e. The number of hydrogen-bond acceptors (Lipinski definition) is 4. The zero-order valence-corrected chi connectivity index (χ0v) is 20.3. The van der Waals surface area contributed by atoms with Gasteiger partial charge in [0.25, 0.3) is 0 Å². The van der Waals surface area contributed by atoms with E-state index in [2.05, 4.69) is 40.6 Å². The fraction of sp³-hybridized carbons (Fsp3) is 0.250. The lowest BCUT2D eigenvalue weighted by Gasteiger charge is -2.20. The minimum atomic E-state index is -0.199. The molecule has 1 atom stereocenters. The normalized spacial score (nSPS) is 14.5. The summed E-state index contributed by atoms with van der Waals surface area (Å²) in [4.78, 5) is 20.9. The SMILES string of the molecule is C=CC(=O)N[C@@H](\C=C(C)/C(C)=C(/C(C(=C)C)=C(\N)N=CC)c1cnc2ccccc2c1)CC. The Bertz CT molecular complexity index is 1180. The number of nitrogens with one attached hydrogen (secondary N) is 1. The van der Waals surface area contributed by atoms with Crippen molar-refractivity contribution in [3.05, 3.63) is 95.5 Å². The Balaban J connectivity index is 2.81. The van der Waals surface area contributed by atoms with Crippen molar-refractivity contribution in [2.24, 2.45) is 10.7 Å². The molecule has 0 unspecified atom stereocenters. The maximum atomic E-state index is 11.8. The number of benzene rings is 1. The van der Waals surface area contributed by atoms with Crippen LogP contribution < -0.4 is 11.1 Å². The van der Waals surface area contributed by atoms with E-state index < -0.39 is 0 Å². The molecule has 0 aliphatic rings. The van der Waals surface area contributed by atoms with E-state index in [-0.39, 0.29) is 11.9 Å². The number of fused-ring (bicyclic) bond motifs is 1. The van der Waals surface area contributed by atoms with Crippen LogP contribution in [0.5, 0.6) is 0 Å². The van der Waals surface area contributed by atoms with Gasteiger partial charge in [0, 0.05) is 35.0 Å². The third-order valence-electron chi connectivity index (χ3n) is 5.45. The topological polar surface area (TPSA) is 80.4 Å². The summed E-state index contributed by atoms with van der Waals surface area (Å²) >= 11 is 0. The molecule has 1 amide bonds. The number of aliphatic imine (C=N–C) groups is 1. The van der Waals surface area contributed by atoms with Gasteiger partial charge < -0.3 is 11.1 Å². The van der Waals surface area contributed by atoms with E-state index >= 15 is 0 Å². The molecule has 1 aromatic heterocycles. The molecule has 0 saturated heterocycles. The van der Waals surface area contributed by atoms with E-state index in [0.29, 0.717) is 5.82 Å². The molecule has 0 fully saturated rings. The number of para-hydroxylation sites is 1. The van der Waals surface area contributed by atoms with Gasteiger partial charge in [0.15, 0.2) is 0 Å². The van der Waals surface area contributed by atoms with E-state index in [1.165, 1.54) is 6.08 Å². The summed E-state index contributed by atoms with van der Waals surface area (Å²) in [5.74, 6) is 0.197. The molecule has 0 aliphatic carbocycles. The van der Waals surface area contributed by atoms with Crippen LogP contribution in [-0.2, 0) is 4.79 Å². The smallest absolute Gasteiger partial charge is 0.243 e. The van der Waals surface area contributed by atoms with Gasteiger partial charge in [-0.3, -0.25) is 9.78 Å². The Kier molecular flexibility index (Phi) is 9.10. The predicted octanol–water partition coefficient (Wildman–Crippen LogP) is 5.87. The third kappa shape index (κ3) is 6.39. The summed E-state index contributed by atoms with van der Waals surface area (Å²) in [5.41, 5.74) is 12.8.